The van der Waals surface area contributed by atoms with Crippen LogP contribution in [-0.2, 0) is 6.61 Å². The highest BCUT2D eigenvalue weighted by Crippen LogP contribution is 2.33. The number of ether oxygens (including phenoxy) is 2. The lowest BCUT2D eigenvalue weighted by Gasteiger charge is -2.22. The number of aliphatic hydroxyl groups excluding tert-OH is 1. The quantitative estimate of drug-likeness (QED) is 0.855. The molecule has 0 fully saturated rings. The zero-order chi connectivity index (χ0) is 15.4. The van der Waals surface area contributed by atoms with Gasteiger partial charge >= 0.3 is 0 Å². The highest BCUT2D eigenvalue weighted by atomic mass is 16.5. The van der Waals surface area contributed by atoms with Crippen LogP contribution in [0.5, 0.6) is 11.5 Å². The molecule has 5 nitrogen and oxygen atoms in total. The molecule has 1 heterocycles. The second-order valence-electron chi connectivity index (χ2n) is 4.99. The van der Waals surface area contributed by atoms with Crippen molar-refractivity contribution in [2.75, 3.05) is 7.11 Å². The number of aryl methyl sites for hydroxylation is 1. The number of aliphatic hydroxyl groups is 1. The van der Waals surface area contributed by atoms with Gasteiger partial charge in [-0.15, -0.1) is 0 Å². The monoisotopic (exact) mass is 291 g/mol. The van der Waals surface area contributed by atoms with Crippen LogP contribution in [0.3, 0.4) is 0 Å². The minimum Gasteiger partial charge on any atom is -0.493 e. The second kappa shape index (κ2) is 6.65. The molecule has 2 rings (SSSR count). The summed E-state index contributed by atoms with van der Waals surface area (Å²) < 4.78 is 16.9. The van der Waals surface area contributed by atoms with Crippen LogP contribution >= 0.6 is 0 Å². The molecule has 21 heavy (non-hydrogen) atoms. The summed E-state index contributed by atoms with van der Waals surface area (Å²) in [6.07, 6.45) is -0.410. The van der Waals surface area contributed by atoms with Crippen LogP contribution in [0.2, 0.25) is 0 Å². The van der Waals surface area contributed by atoms with Crippen molar-refractivity contribution in [3.63, 3.8) is 0 Å². The van der Waals surface area contributed by atoms with E-state index < -0.39 is 6.10 Å². The Balaban J connectivity index is 2.29. The topological polar surface area (TPSA) is 77.8 Å². The summed E-state index contributed by atoms with van der Waals surface area (Å²) >= 11 is 0. The van der Waals surface area contributed by atoms with E-state index in [-0.39, 0.29) is 12.6 Å². The number of furan rings is 1. The normalized spacial score (nSPS) is 13.8. The Morgan fingerprint density at radius 2 is 2.00 bits per heavy atom. The molecule has 0 aliphatic rings. The molecule has 3 N–H and O–H groups in total. The van der Waals surface area contributed by atoms with Gasteiger partial charge in [-0.25, -0.2) is 0 Å². The first kappa shape index (κ1) is 15.4. The fourth-order valence-electron chi connectivity index (χ4n) is 2.08. The number of hydrogen-bond acceptors (Lipinski definition) is 5. The second-order valence-corrected chi connectivity index (χ2v) is 4.99. The standard InChI is InChI=1S/C16H21NO4/c1-10-4-6-14(20-10)16(11(2)17)21-13-7-5-12(9-18)8-15(13)19-3/h4-8,11,16,18H,9,17H2,1-3H3. The third-order valence-electron chi connectivity index (χ3n) is 3.18. The molecule has 2 aromatic rings. The van der Waals surface area contributed by atoms with Crippen molar-refractivity contribution in [1.29, 1.82) is 0 Å². The number of rotatable bonds is 6. The summed E-state index contributed by atoms with van der Waals surface area (Å²) in [7, 11) is 1.56. The lowest BCUT2D eigenvalue weighted by Crippen LogP contribution is -2.28. The first-order valence-electron chi connectivity index (χ1n) is 6.81. The predicted molar refractivity (Wildman–Crippen MR) is 79.4 cm³/mol. The van der Waals surface area contributed by atoms with Crippen molar-refractivity contribution in [1.82, 2.24) is 0 Å². The molecule has 1 aromatic carbocycles. The Hall–Kier alpha value is -1.98. The summed E-state index contributed by atoms with van der Waals surface area (Å²) in [5.41, 5.74) is 6.76. The molecule has 0 spiro atoms. The fourth-order valence-corrected chi connectivity index (χ4v) is 2.08. The zero-order valence-corrected chi connectivity index (χ0v) is 12.5. The molecule has 0 radical (unpaired) electrons. The van der Waals surface area contributed by atoms with Gasteiger partial charge in [-0.05, 0) is 43.7 Å². The lowest BCUT2D eigenvalue weighted by atomic mass is 10.1. The Labute approximate surface area is 124 Å². The maximum atomic E-state index is 9.17. The number of benzene rings is 1. The minimum absolute atomic E-state index is 0.0509. The lowest BCUT2D eigenvalue weighted by molar-refractivity contribution is 0.146. The highest BCUT2D eigenvalue weighted by molar-refractivity contribution is 5.43. The predicted octanol–water partition coefficient (Wildman–Crippen LogP) is 2.56. The van der Waals surface area contributed by atoms with E-state index in [0.717, 1.165) is 11.3 Å². The van der Waals surface area contributed by atoms with Crippen molar-refractivity contribution in [3.05, 3.63) is 47.4 Å². The Morgan fingerprint density at radius 3 is 2.52 bits per heavy atom. The SMILES string of the molecule is COc1cc(CO)ccc1OC(c1ccc(C)o1)C(C)N. The molecule has 5 heteroatoms. The number of hydrogen-bond donors (Lipinski definition) is 2. The molecule has 0 aliphatic carbocycles. The number of nitrogens with two attached hydrogens (primary N) is 1. The van der Waals surface area contributed by atoms with Crippen molar-refractivity contribution < 1.29 is 19.0 Å². The van der Waals surface area contributed by atoms with Gasteiger partial charge in [-0.3, -0.25) is 0 Å². The van der Waals surface area contributed by atoms with Gasteiger partial charge in [0, 0.05) is 6.04 Å². The molecule has 0 saturated heterocycles. The molecule has 1 aromatic heterocycles. The summed E-state index contributed by atoms with van der Waals surface area (Å²) in [5.74, 6) is 2.60. The third-order valence-corrected chi connectivity index (χ3v) is 3.18. The molecule has 114 valence electrons. The van der Waals surface area contributed by atoms with Gasteiger partial charge in [0.1, 0.15) is 11.5 Å². The molecular weight excluding hydrogens is 270 g/mol. The van der Waals surface area contributed by atoms with Gasteiger partial charge in [0.15, 0.2) is 17.6 Å². The van der Waals surface area contributed by atoms with E-state index in [1.165, 1.54) is 0 Å². The van der Waals surface area contributed by atoms with Crippen LogP contribution in [0.1, 0.15) is 30.1 Å². The van der Waals surface area contributed by atoms with Gasteiger partial charge in [-0.1, -0.05) is 6.07 Å². The zero-order valence-electron chi connectivity index (χ0n) is 12.5. The Morgan fingerprint density at radius 1 is 1.24 bits per heavy atom. The fraction of sp³-hybridized carbons (Fsp3) is 0.375. The van der Waals surface area contributed by atoms with E-state index in [4.69, 9.17) is 24.7 Å². The van der Waals surface area contributed by atoms with Gasteiger partial charge in [-0.2, -0.15) is 0 Å². The molecule has 0 saturated carbocycles. The highest BCUT2D eigenvalue weighted by Gasteiger charge is 2.23. The van der Waals surface area contributed by atoms with Crippen LogP contribution in [-0.4, -0.2) is 18.3 Å². The van der Waals surface area contributed by atoms with E-state index >= 15 is 0 Å². The van der Waals surface area contributed by atoms with E-state index in [2.05, 4.69) is 0 Å². The molecular formula is C16H21NO4. The minimum atomic E-state index is -0.410. The smallest absolute Gasteiger partial charge is 0.171 e. The van der Waals surface area contributed by atoms with Gasteiger partial charge in [0.2, 0.25) is 0 Å². The summed E-state index contributed by atoms with van der Waals surface area (Å²) in [6, 6.07) is 8.76. The first-order chi connectivity index (χ1) is 10.0. The van der Waals surface area contributed by atoms with Crippen LogP contribution in [0.4, 0.5) is 0 Å². The van der Waals surface area contributed by atoms with Crippen molar-refractivity contribution in [3.8, 4) is 11.5 Å². The van der Waals surface area contributed by atoms with Crippen LogP contribution in [0, 0.1) is 6.92 Å². The molecule has 2 atom stereocenters. The molecule has 0 amide bonds. The largest absolute Gasteiger partial charge is 0.493 e. The molecule has 0 bridgehead atoms. The van der Waals surface area contributed by atoms with Crippen molar-refractivity contribution in [2.24, 2.45) is 5.73 Å². The van der Waals surface area contributed by atoms with Gasteiger partial charge < -0.3 is 24.7 Å². The van der Waals surface area contributed by atoms with E-state index in [9.17, 15) is 0 Å². The van der Waals surface area contributed by atoms with E-state index in [1.807, 2.05) is 26.0 Å². The van der Waals surface area contributed by atoms with E-state index in [0.29, 0.717) is 17.3 Å². The molecule has 2 unspecified atom stereocenters. The first-order valence-corrected chi connectivity index (χ1v) is 6.81. The third kappa shape index (κ3) is 3.56. The molecule has 0 aliphatic heterocycles. The van der Waals surface area contributed by atoms with Gasteiger partial charge in [0.05, 0.1) is 13.7 Å². The van der Waals surface area contributed by atoms with Crippen LogP contribution < -0.4 is 15.2 Å². The van der Waals surface area contributed by atoms with Crippen LogP contribution in [0.25, 0.3) is 0 Å². The van der Waals surface area contributed by atoms with Crippen LogP contribution in [0.15, 0.2) is 34.7 Å². The summed E-state index contributed by atoms with van der Waals surface area (Å²) in [5, 5.41) is 9.17. The maximum Gasteiger partial charge on any atom is 0.171 e. The number of methoxy groups -OCH3 is 1. The average molecular weight is 291 g/mol. The Kier molecular flexibility index (Phi) is 4.88. The maximum absolute atomic E-state index is 9.17. The summed E-state index contributed by atoms with van der Waals surface area (Å²) in [4.78, 5) is 0. The van der Waals surface area contributed by atoms with Gasteiger partial charge in [0.25, 0.3) is 0 Å². The van der Waals surface area contributed by atoms with Crippen molar-refractivity contribution in [2.45, 2.75) is 32.6 Å². The van der Waals surface area contributed by atoms with E-state index in [1.54, 1.807) is 25.3 Å². The Bertz CT molecular complexity index is 592. The van der Waals surface area contributed by atoms with Crippen molar-refractivity contribution >= 4 is 0 Å². The average Bonchev–Trinajstić information content (AvgIpc) is 2.90. The summed E-state index contributed by atoms with van der Waals surface area (Å²) in [6.45, 7) is 3.68.